The Morgan fingerprint density at radius 1 is 1.44 bits per heavy atom. The van der Waals surface area contributed by atoms with Crippen molar-refractivity contribution in [3.63, 3.8) is 0 Å². The molecule has 1 aliphatic rings. The fourth-order valence-corrected chi connectivity index (χ4v) is 2.02. The van der Waals surface area contributed by atoms with Crippen LogP contribution < -0.4 is 4.74 Å². The Labute approximate surface area is 92.9 Å². The second kappa shape index (κ2) is 3.79. The maximum atomic E-state index is 8.91. The SMILES string of the molecule is OC[C@H]1C[C@@H](Oc2ccc3ocnc3c2)C1. The highest BCUT2D eigenvalue weighted by Crippen LogP contribution is 2.31. The van der Waals surface area contributed by atoms with Crippen LogP contribution in [0.4, 0.5) is 0 Å². The number of aliphatic hydroxyl groups excluding tert-OH is 1. The van der Waals surface area contributed by atoms with E-state index in [0.717, 1.165) is 29.7 Å². The van der Waals surface area contributed by atoms with E-state index in [1.807, 2.05) is 18.2 Å². The fraction of sp³-hybridized carbons (Fsp3) is 0.417. The Kier molecular flexibility index (Phi) is 2.29. The van der Waals surface area contributed by atoms with Crippen molar-refractivity contribution < 1.29 is 14.3 Å². The van der Waals surface area contributed by atoms with Crippen LogP contribution in [0.2, 0.25) is 0 Å². The predicted octanol–water partition coefficient (Wildman–Crippen LogP) is 1.98. The normalized spacial score (nSPS) is 24.3. The molecular formula is C12H13NO3. The average Bonchev–Trinajstić information content (AvgIpc) is 2.69. The molecule has 0 aliphatic heterocycles. The minimum absolute atomic E-state index is 0.238. The summed E-state index contributed by atoms with van der Waals surface area (Å²) < 4.78 is 10.9. The van der Waals surface area contributed by atoms with Gasteiger partial charge in [0.2, 0.25) is 0 Å². The molecule has 0 bridgehead atoms. The molecule has 0 radical (unpaired) electrons. The van der Waals surface area contributed by atoms with Crippen molar-refractivity contribution in [2.75, 3.05) is 6.61 Å². The Morgan fingerprint density at radius 3 is 3.12 bits per heavy atom. The van der Waals surface area contributed by atoms with E-state index in [2.05, 4.69) is 4.98 Å². The van der Waals surface area contributed by atoms with Crippen molar-refractivity contribution in [2.45, 2.75) is 18.9 Å². The number of nitrogens with zero attached hydrogens (tertiary/aromatic N) is 1. The minimum atomic E-state index is 0.238. The first-order valence-electron chi connectivity index (χ1n) is 5.46. The summed E-state index contributed by atoms with van der Waals surface area (Å²) in [5.41, 5.74) is 1.59. The number of rotatable bonds is 3. The molecule has 1 N–H and O–H groups in total. The van der Waals surface area contributed by atoms with Gasteiger partial charge >= 0.3 is 0 Å². The van der Waals surface area contributed by atoms with E-state index in [9.17, 15) is 0 Å². The lowest BCUT2D eigenvalue weighted by molar-refractivity contribution is 0.0325. The van der Waals surface area contributed by atoms with Gasteiger partial charge in [0.05, 0.1) is 6.10 Å². The first-order valence-corrected chi connectivity index (χ1v) is 5.46. The second-order valence-corrected chi connectivity index (χ2v) is 4.24. The summed E-state index contributed by atoms with van der Waals surface area (Å²) in [5, 5.41) is 8.91. The van der Waals surface area contributed by atoms with Gasteiger partial charge in [-0.05, 0) is 30.9 Å². The molecule has 2 aromatic rings. The van der Waals surface area contributed by atoms with Crippen molar-refractivity contribution in [3.05, 3.63) is 24.6 Å². The summed E-state index contributed by atoms with van der Waals surface area (Å²) in [6, 6.07) is 5.63. The van der Waals surface area contributed by atoms with Crippen molar-refractivity contribution >= 4 is 11.1 Å². The maximum absolute atomic E-state index is 8.91. The van der Waals surface area contributed by atoms with E-state index >= 15 is 0 Å². The molecule has 4 heteroatoms. The van der Waals surface area contributed by atoms with E-state index in [4.69, 9.17) is 14.3 Å². The summed E-state index contributed by atoms with van der Waals surface area (Å²) in [5.74, 6) is 1.24. The molecule has 1 fully saturated rings. The monoisotopic (exact) mass is 219 g/mol. The van der Waals surface area contributed by atoms with Crippen molar-refractivity contribution in [3.8, 4) is 5.75 Å². The molecule has 16 heavy (non-hydrogen) atoms. The smallest absolute Gasteiger partial charge is 0.181 e. The van der Waals surface area contributed by atoms with Gasteiger partial charge in [-0.1, -0.05) is 0 Å². The molecule has 1 aliphatic carbocycles. The van der Waals surface area contributed by atoms with Crippen molar-refractivity contribution in [1.29, 1.82) is 0 Å². The van der Waals surface area contributed by atoms with Crippen LogP contribution >= 0.6 is 0 Å². The summed E-state index contributed by atoms with van der Waals surface area (Å²) in [6.07, 6.45) is 3.54. The van der Waals surface area contributed by atoms with Crippen molar-refractivity contribution in [1.82, 2.24) is 4.98 Å². The largest absolute Gasteiger partial charge is 0.490 e. The van der Waals surface area contributed by atoms with Gasteiger partial charge in [0.25, 0.3) is 0 Å². The van der Waals surface area contributed by atoms with Crippen molar-refractivity contribution in [2.24, 2.45) is 5.92 Å². The number of hydrogen-bond acceptors (Lipinski definition) is 4. The van der Waals surface area contributed by atoms with E-state index in [-0.39, 0.29) is 12.7 Å². The molecule has 0 unspecified atom stereocenters. The quantitative estimate of drug-likeness (QED) is 0.857. The van der Waals surface area contributed by atoms with Crippen LogP contribution in [-0.4, -0.2) is 22.8 Å². The van der Waals surface area contributed by atoms with Gasteiger partial charge in [-0.15, -0.1) is 0 Å². The number of benzene rings is 1. The van der Waals surface area contributed by atoms with Crippen LogP contribution in [0.15, 0.2) is 29.0 Å². The third-order valence-corrected chi connectivity index (χ3v) is 3.06. The van der Waals surface area contributed by atoms with Crippen LogP contribution in [0.1, 0.15) is 12.8 Å². The zero-order valence-electron chi connectivity index (χ0n) is 8.80. The molecule has 1 aromatic carbocycles. The lowest BCUT2D eigenvalue weighted by atomic mass is 9.83. The Morgan fingerprint density at radius 2 is 2.31 bits per heavy atom. The molecule has 4 nitrogen and oxygen atoms in total. The van der Waals surface area contributed by atoms with E-state index in [1.165, 1.54) is 6.39 Å². The van der Waals surface area contributed by atoms with Crippen LogP contribution in [-0.2, 0) is 0 Å². The number of aliphatic hydroxyl groups is 1. The standard InChI is InChI=1S/C12H13NO3/c14-6-8-3-10(4-8)16-9-1-2-12-11(5-9)13-7-15-12/h1-2,5,7-8,10,14H,3-4,6H2/t8-,10+. The first-order chi connectivity index (χ1) is 7.85. The number of fused-ring (bicyclic) bond motifs is 1. The predicted molar refractivity (Wildman–Crippen MR) is 58.2 cm³/mol. The molecular weight excluding hydrogens is 206 g/mol. The summed E-state index contributed by atoms with van der Waals surface area (Å²) in [7, 11) is 0. The van der Waals surface area contributed by atoms with E-state index < -0.39 is 0 Å². The highest BCUT2D eigenvalue weighted by Gasteiger charge is 2.30. The zero-order valence-corrected chi connectivity index (χ0v) is 8.80. The van der Waals surface area contributed by atoms with E-state index in [1.54, 1.807) is 0 Å². The van der Waals surface area contributed by atoms with Crippen LogP contribution in [0.3, 0.4) is 0 Å². The van der Waals surface area contributed by atoms with Gasteiger partial charge in [0.15, 0.2) is 12.0 Å². The van der Waals surface area contributed by atoms with Gasteiger partial charge < -0.3 is 14.3 Å². The Balaban J connectivity index is 1.70. The van der Waals surface area contributed by atoms with Gasteiger partial charge in [-0.3, -0.25) is 0 Å². The van der Waals surface area contributed by atoms with Crippen LogP contribution in [0.5, 0.6) is 5.75 Å². The van der Waals surface area contributed by atoms with Gasteiger partial charge in [0.1, 0.15) is 11.3 Å². The molecule has 1 aromatic heterocycles. The summed E-state index contributed by atoms with van der Waals surface area (Å²) in [4.78, 5) is 4.07. The molecule has 0 spiro atoms. The van der Waals surface area contributed by atoms with E-state index in [0.29, 0.717) is 5.92 Å². The Hall–Kier alpha value is -1.55. The topological polar surface area (TPSA) is 55.5 Å². The number of hydrogen-bond donors (Lipinski definition) is 1. The zero-order chi connectivity index (χ0) is 11.0. The molecule has 0 atom stereocenters. The molecule has 3 rings (SSSR count). The third kappa shape index (κ3) is 1.65. The first kappa shape index (κ1) is 9.66. The van der Waals surface area contributed by atoms with Crippen LogP contribution in [0, 0.1) is 5.92 Å². The molecule has 1 heterocycles. The number of ether oxygens (including phenoxy) is 1. The Bertz CT molecular complexity index is 488. The van der Waals surface area contributed by atoms with Crippen LogP contribution in [0.25, 0.3) is 11.1 Å². The van der Waals surface area contributed by atoms with Gasteiger partial charge in [-0.2, -0.15) is 0 Å². The molecule has 0 amide bonds. The molecule has 0 saturated heterocycles. The molecule has 1 saturated carbocycles. The fourth-order valence-electron chi connectivity index (χ4n) is 2.02. The lowest BCUT2D eigenvalue weighted by Crippen LogP contribution is -2.35. The summed E-state index contributed by atoms with van der Waals surface area (Å²) >= 11 is 0. The van der Waals surface area contributed by atoms with Gasteiger partial charge in [0, 0.05) is 12.7 Å². The van der Waals surface area contributed by atoms with Gasteiger partial charge in [-0.25, -0.2) is 4.98 Å². The number of aromatic nitrogens is 1. The molecule has 84 valence electrons. The lowest BCUT2D eigenvalue weighted by Gasteiger charge is -2.34. The average molecular weight is 219 g/mol. The third-order valence-electron chi connectivity index (χ3n) is 3.06. The number of oxazole rings is 1. The highest BCUT2D eigenvalue weighted by molar-refractivity contribution is 5.73. The summed E-state index contributed by atoms with van der Waals surface area (Å²) in [6.45, 7) is 0.266. The highest BCUT2D eigenvalue weighted by atomic mass is 16.5. The maximum Gasteiger partial charge on any atom is 0.181 e. The second-order valence-electron chi connectivity index (χ2n) is 4.24. The minimum Gasteiger partial charge on any atom is -0.490 e.